The summed E-state index contributed by atoms with van der Waals surface area (Å²) < 4.78 is 1.31. The van der Waals surface area contributed by atoms with Crippen LogP contribution in [0.15, 0.2) is 59.4 Å². The van der Waals surface area contributed by atoms with E-state index in [0.717, 1.165) is 29.7 Å². The summed E-state index contributed by atoms with van der Waals surface area (Å²) in [7, 11) is 0. The van der Waals surface area contributed by atoms with E-state index in [0.29, 0.717) is 12.2 Å². The maximum Gasteiger partial charge on any atom is 0.267 e. The largest absolute Gasteiger partial charge is 0.310 e. The number of aryl methyl sites for hydroxylation is 3. The van der Waals surface area contributed by atoms with E-state index in [1.165, 1.54) is 21.9 Å². The Morgan fingerprint density at radius 1 is 1.00 bits per heavy atom. The molecule has 1 amide bonds. The summed E-state index contributed by atoms with van der Waals surface area (Å²) in [5.41, 5.74) is 5.80. The van der Waals surface area contributed by atoms with Crippen molar-refractivity contribution in [3.8, 4) is 11.3 Å². The minimum Gasteiger partial charge on any atom is -0.310 e. The van der Waals surface area contributed by atoms with Crippen LogP contribution in [0.5, 0.6) is 0 Å². The summed E-state index contributed by atoms with van der Waals surface area (Å²) in [6, 6.07) is 16.7. The zero-order valence-corrected chi connectivity index (χ0v) is 17.1. The lowest BCUT2D eigenvalue weighted by molar-refractivity contribution is -0.121. The molecule has 0 N–H and O–H groups in total. The predicted octanol–water partition coefficient (Wildman–Crippen LogP) is 4.07. The molecule has 5 nitrogen and oxygen atoms in total. The molecule has 148 valence electrons. The van der Waals surface area contributed by atoms with Crippen LogP contribution in [0.3, 0.4) is 0 Å². The number of aromatic nitrogens is 2. The van der Waals surface area contributed by atoms with Crippen LogP contribution in [0, 0.1) is 13.8 Å². The van der Waals surface area contributed by atoms with Gasteiger partial charge in [-0.3, -0.25) is 9.59 Å². The first kappa shape index (κ1) is 19.1. The zero-order chi connectivity index (χ0) is 20.5. The van der Waals surface area contributed by atoms with Gasteiger partial charge < -0.3 is 4.90 Å². The van der Waals surface area contributed by atoms with Gasteiger partial charge in [0.15, 0.2) is 0 Å². The third-order valence-electron chi connectivity index (χ3n) is 5.52. The highest BCUT2D eigenvalue weighted by atomic mass is 16.2. The Hall–Kier alpha value is -3.21. The van der Waals surface area contributed by atoms with Gasteiger partial charge in [-0.25, -0.2) is 4.68 Å². The molecule has 5 heteroatoms. The first-order chi connectivity index (χ1) is 13.9. The Kier molecular flexibility index (Phi) is 5.05. The molecule has 2 aromatic carbocycles. The van der Waals surface area contributed by atoms with E-state index < -0.39 is 6.04 Å². The second-order valence-electron chi connectivity index (χ2n) is 7.77. The van der Waals surface area contributed by atoms with Gasteiger partial charge in [0, 0.05) is 23.9 Å². The summed E-state index contributed by atoms with van der Waals surface area (Å²) in [5.74, 6) is -0.106. The molecular formula is C24H25N3O2. The minimum atomic E-state index is -0.680. The standard InChI is InChI=1S/C24H25N3O2/c1-16-6-9-19(10-7-16)21-11-13-23(28)27(25-21)18(3)24(29)26-14-4-5-20-15-17(2)8-12-22(20)26/h6-13,15,18H,4-5,14H2,1-3H3. The van der Waals surface area contributed by atoms with E-state index >= 15 is 0 Å². The number of fused-ring (bicyclic) bond motifs is 1. The second-order valence-corrected chi connectivity index (χ2v) is 7.77. The summed E-state index contributed by atoms with van der Waals surface area (Å²) >= 11 is 0. The Balaban J connectivity index is 1.67. The summed E-state index contributed by atoms with van der Waals surface area (Å²) in [5, 5.41) is 4.51. The van der Waals surface area contributed by atoms with Gasteiger partial charge in [0.2, 0.25) is 0 Å². The third-order valence-corrected chi connectivity index (χ3v) is 5.52. The number of amides is 1. The number of hydrogen-bond donors (Lipinski definition) is 0. The van der Waals surface area contributed by atoms with Crippen molar-refractivity contribution in [2.75, 3.05) is 11.4 Å². The molecule has 0 bridgehead atoms. The molecule has 0 saturated carbocycles. The summed E-state index contributed by atoms with van der Waals surface area (Å²) in [6.07, 6.45) is 1.89. The van der Waals surface area contributed by atoms with Crippen LogP contribution >= 0.6 is 0 Å². The first-order valence-corrected chi connectivity index (χ1v) is 10.0. The lowest BCUT2D eigenvalue weighted by Gasteiger charge is -2.32. The highest BCUT2D eigenvalue weighted by Gasteiger charge is 2.28. The number of nitrogens with zero attached hydrogens (tertiary/aromatic N) is 3. The van der Waals surface area contributed by atoms with Crippen LogP contribution < -0.4 is 10.5 Å². The summed E-state index contributed by atoms with van der Waals surface area (Å²) in [4.78, 5) is 27.6. The SMILES string of the molecule is Cc1ccc(-c2ccc(=O)n(C(C)C(=O)N3CCCc4cc(C)ccc43)n2)cc1. The number of hydrogen-bond acceptors (Lipinski definition) is 3. The van der Waals surface area contributed by atoms with Gasteiger partial charge in [-0.1, -0.05) is 47.5 Å². The molecule has 3 aromatic rings. The van der Waals surface area contributed by atoms with Crippen molar-refractivity contribution in [2.24, 2.45) is 0 Å². The molecule has 1 aliphatic heterocycles. The van der Waals surface area contributed by atoms with Gasteiger partial charge >= 0.3 is 0 Å². The Bertz CT molecular complexity index is 1120. The molecule has 0 saturated heterocycles. The van der Waals surface area contributed by atoms with Gasteiger partial charge in [0.1, 0.15) is 6.04 Å². The highest BCUT2D eigenvalue weighted by Crippen LogP contribution is 2.29. The molecule has 4 rings (SSSR count). The predicted molar refractivity (Wildman–Crippen MR) is 115 cm³/mol. The molecule has 0 fully saturated rings. The van der Waals surface area contributed by atoms with Crippen molar-refractivity contribution < 1.29 is 4.79 Å². The molecule has 0 spiro atoms. The second kappa shape index (κ2) is 7.66. The van der Waals surface area contributed by atoms with Gasteiger partial charge in [0.05, 0.1) is 5.69 Å². The molecule has 2 heterocycles. The normalized spacial score (nSPS) is 14.4. The molecule has 1 unspecified atom stereocenters. The van der Waals surface area contributed by atoms with E-state index in [9.17, 15) is 9.59 Å². The number of rotatable bonds is 3. The van der Waals surface area contributed by atoms with Gasteiger partial charge in [-0.15, -0.1) is 0 Å². The smallest absolute Gasteiger partial charge is 0.267 e. The quantitative estimate of drug-likeness (QED) is 0.681. The van der Waals surface area contributed by atoms with Crippen LogP contribution in [0.25, 0.3) is 11.3 Å². The number of carbonyl (C=O) groups is 1. The maximum absolute atomic E-state index is 13.3. The molecule has 0 aliphatic carbocycles. The lowest BCUT2D eigenvalue weighted by atomic mass is 9.99. The van der Waals surface area contributed by atoms with Gasteiger partial charge in [-0.2, -0.15) is 5.10 Å². The fraction of sp³-hybridized carbons (Fsp3) is 0.292. The first-order valence-electron chi connectivity index (χ1n) is 10.0. The average Bonchev–Trinajstić information content (AvgIpc) is 2.73. The Labute approximate surface area is 170 Å². The van der Waals surface area contributed by atoms with Crippen LogP contribution in [0.4, 0.5) is 5.69 Å². The summed E-state index contributed by atoms with van der Waals surface area (Å²) in [6.45, 7) is 6.49. The van der Waals surface area contributed by atoms with Crippen molar-refractivity contribution in [3.05, 3.63) is 81.6 Å². The van der Waals surface area contributed by atoms with Crippen molar-refractivity contribution >= 4 is 11.6 Å². The maximum atomic E-state index is 13.3. The van der Waals surface area contributed by atoms with E-state index in [1.807, 2.05) is 43.3 Å². The van der Waals surface area contributed by atoms with Crippen molar-refractivity contribution in [1.29, 1.82) is 0 Å². The van der Waals surface area contributed by atoms with Gasteiger partial charge in [-0.05, 0) is 51.3 Å². The van der Waals surface area contributed by atoms with Crippen molar-refractivity contribution in [2.45, 2.75) is 39.7 Å². The van der Waals surface area contributed by atoms with Crippen molar-refractivity contribution in [1.82, 2.24) is 9.78 Å². The Morgan fingerprint density at radius 3 is 2.48 bits per heavy atom. The monoisotopic (exact) mass is 387 g/mol. The highest BCUT2D eigenvalue weighted by molar-refractivity contribution is 5.97. The number of anilines is 1. The fourth-order valence-corrected chi connectivity index (χ4v) is 3.87. The van der Waals surface area contributed by atoms with E-state index in [4.69, 9.17) is 0 Å². The third kappa shape index (κ3) is 3.73. The molecule has 0 radical (unpaired) electrons. The van der Waals surface area contributed by atoms with Crippen molar-refractivity contribution in [3.63, 3.8) is 0 Å². The fourth-order valence-electron chi connectivity index (χ4n) is 3.87. The lowest BCUT2D eigenvalue weighted by Crippen LogP contribution is -2.42. The van der Waals surface area contributed by atoms with E-state index in [-0.39, 0.29) is 11.5 Å². The Morgan fingerprint density at radius 2 is 1.72 bits per heavy atom. The molecular weight excluding hydrogens is 362 g/mol. The topological polar surface area (TPSA) is 55.2 Å². The molecule has 1 aromatic heterocycles. The average molecular weight is 387 g/mol. The van der Waals surface area contributed by atoms with E-state index in [1.54, 1.807) is 17.9 Å². The molecule has 1 aliphatic rings. The van der Waals surface area contributed by atoms with Crippen LogP contribution in [0.2, 0.25) is 0 Å². The minimum absolute atomic E-state index is 0.106. The molecule has 29 heavy (non-hydrogen) atoms. The van der Waals surface area contributed by atoms with Gasteiger partial charge in [0.25, 0.3) is 11.5 Å². The van der Waals surface area contributed by atoms with E-state index in [2.05, 4.69) is 18.1 Å². The number of carbonyl (C=O) groups excluding carboxylic acids is 1. The zero-order valence-electron chi connectivity index (χ0n) is 17.1. The van der Waals surface area contributed by atoms with Crippen LogP contribution in [-0.2, 0) is 11.2 Å². The molecule has 1 atom stereocenters. The van der Waals surface area contributed by atoms with Crippen LogP contribution in [-0.4, -0.2) is 22.2 Å². The number of benzene rings is 2. The van der Waals surface area contributed by atoms with Crippen LogP contribution in [0.1, 0.15) is 36.1 Å².